The van der Waals surface area contributed by atoms with Gasteiger partial charge in [-0.3, -0.25) is 9.20 Å². The SMILES string of the molecule is Cc1cccc(N2CCN(C(=O)c3nc(S(C)(=O)=O)n4ccccc34)CC2)c1C. The minimum atomic E-state index is -3.55. The van der Waals surface area contributed by atoms with Crippen molar-refractivity contribution in [2.45, 2.75) is 19.0 Å². The normalized spacial score (nSPS) is 15.1. The van der Waals surface area contributed by atoms with Gasteiger partial charge in [0.15, 0.2) is 5.69 Å². The van der Waals surface area contributed by atoms with Gasteiger partial charge in [-0.15, -0.1) is 0 Å². The summed E-state index contributed by atoms with van der Waals surface area (Å²) >= 11 is 0. The number of hydrogen-bond donors (Lipinski definition) is 0. The highest BCUT2D eigenvalue weighted by Crippen LogP contribution is 2.25. The van der Waals surface area contributed by atoms with Crippen LogP contribution in [0.5, 0.6) is 0 Å². The van der Waals surface area contributed by atoms with Crippen molar-refractivity contribution in [3.63, 3.8) is 0 Å². The van der Waals surface area contributed by atoms with Crippen LogP contribution in [0, 0.1) is 13.8 Å². The van der Waals surface area contributed by atoms with Gasteiger partial charge in [-0.1, -0.05) is 18.2 Å². The maximum atomic E-state index is 13.2. The Labute approximate surface area is 170 Å². The predicted molar refractivity (Wildman–Crippen MR) is 112 cm³/mol. The number of nitrogens with zero attached hydrogens (tertiary/aromatic N) is 4. The zero-order valence-corrected chi connectivity index (χ0v) is 17.6. The Balaban J connectivity index is 1.59. The van der Waals surface area contributed by atoms with Gasteiger partial charge in [0.05, 0.1) is 5.52 Å². The molecule has 0 bridgehead atoms. The number of rotatable bonds is 3. The molecule has 1 aliphatic rings. The van der Waals surface area contributed by atoms with E-state index in [4.69, 9.17) is 0 Å². The zero-order chi connectivity index (χ0) is 20.8. The Morgan fingerprint density at radius 2 is 1.72 bits per heavy atom. The number of benzene rings is 1. The summed E-state index contributed by atoms with van der Waals surface area (Å²) in [7, 11) is -3.55. The number of amides is 1. The second-order valence-corrected chi connectivity index (χ2v) is 9.38. The van der Waals surface area contributed by atoms with E-state index >= 15 is 0 Å². The summed E-state index contributed by atoms with van der Waals surface area (Å²) in [5.74, 6) is -0.232. The first-order valence-electron chi connectivity index (χ1n) is 9.55. The molecule has 0 radical (unpaired) electrons. The fourth-order valence-corrected chi connectivity index (χ4v) is 4.58. The first-order chi connectivity index (χ1) is 13.8. The van der Waals surface area contributed by atoms with E-state index in [1.165, 1.54) is 21.2 Å². The van der Waals surface area contributed by atoms with Crippen molar-refractivity contribution in [2.24, 2.45) is 0 Å². The molecule has 3 aromatic rings. The lowest BCUT2D eigenvalue weighted by atomic mass is 10.1. The Morgan fingerprint density at radius 3 is 2.41 bits per heavy atom. The zero-order valence-electron chi connectivity index (χ0n) is 16.8. The molecule has 1 aromatic carbocycles. The van der Waals surface area contributed by atoms with Crippen LogP contribution in [-0.4, -0.2) is 61.0 Å². The van der Waals surface area contributed by atoms with E-state index in [1.54, 1.807) is 29.3 Å². The van der Waals surface area contributed by atoms with E-state index in [-0.39, 0.29) is 16.8 Å². The number of carbonyl (C=O) groups excluding carboxylic acids is 1. The van der Waals surface area contributed by atoms with Gasteiger partial charge >= 0.3 is 0 Å². The molecule has 152 valence electrons. The third-order valence-electron chi connectivity index (χ3n) is 5.53. The van der Waals surface area contributed by atoms with Crippen LogP contribution in [0.4, 0.5) is 5.69 Å². The van der Waals surface area contributed by atoms with Crippen LogP contribution in [-0.2, 0) is 9.84 Å². The number of pyridine rings is 1. The molecule has 2 aromatic heterocycles. The highest BCUT2D eigenvalue weighted by atomic mass is 32.2. The van der Waals surface area contributed by atoms with Gasteiger partial charge in [-0.05, 0) is 43.2 Å². The molecule has 0 saturated carbocycles. The van der Waals surface area contributed by atoms with Gasteiger partial charge in [0.25, 0.3) is 5.91 Å². The van der Waals surface area contributed by atoms with E-state index in [0.29, 0.717) is 18.6 Å². The average Bonchev–Trinajstić information content (AvgIpc) is 3.10. The van der Waals surface area contributed by atoms with Gasteiger partial charge in [-0.25, -0.2) is 13.4 Å². The first-order valence-corrected chi connectivity index (χ1v) is 11.4. The Bertz CT molecular complexity index is 1190. The standard InChI is InChI=1S/C21H24N4O3S/c1-15-7-6-9-17(16(15)2)23-11-13-24(14-12-23)20(26)19-18-8-4-5-10-25(18)21(22-19)29(3,27)28/h4-10H,11-14H2,1-3H3. The highest BCUT2D eigenvalue weighted by molar-refractivity contribution is 7.90. The third-order valence-corrected chi connectivity index (χ3v) is 6.49. The molecule has 8 heteroatoms. The molecule has 1 aliphatic heterocycles. The molecule has 0 spiro atoms. The number of aryl methyl sites for hydroxylation is 1. The fraction of sp³-hybridized carbons (Fsp3) is 0.333. The van der Waals surface area contributed by atoms with E-state index < -0.39 is 9.84 Å². The number of piperazine rings is 1. The third kappa shape index (κ3) is 3.48. The van der Waals surface area contributed by atoms with E-state index in [0.717, 1.165) is 19.3 Å². The monoisotopic (exact) mass is 412 g/mol. The van der Waals surface area contributed by atoms with Crippen LogP contribution in [0.3, 0.4) is 0 Å². The fourth-order valence-electron chi connectivity index (χ4n) is 3.81. The summed E-state index contributed by atoms with van der Waals surface area (Å²) in [6.07, 6.45) is 2.72. The Kier molecular flexibility index (Phi) is 4.82. The average molecular weight is 413 g/mol. The van der Waals surface area contributed by atoms with Crippen molar-refractivity contribution in [3.8, 4) is 0 Å². The van der Waals surface area contributed by atoms with Crippen LogP contribution in [0.1, 0.15) is 21.6 Å². The lowest BCUT2D eigenvalue weighted by molar-refractivity contribution is 0.0743. The van der Waals surface area contributed by atoms with Crippen molar-refractivity contribution >= 4 is 26.9 Å². The van der Waals surface area contributed by atoms with Crippen molar-refractivity contribution in [1.82, 2.24) is 14.3 Å². The summed E-state index contributed by atoms with van der Waals surface area (Å²) in [4.78, 5) is 21.4. The molecular formula is C21H24N4O3S. The maximum absolute atomic E-state index is 13.2. The summed E-state index contributed by atoms with van der Waals surface area (Å²) in [6.45, 7) is 6.79. The molecule has 1 saturated heterocycles. The van der Waals surface area contributed by atoms with Crippen molar-refractivity contribution < 1.29 is 13.2 Å². The van der Waals surface area contributed by atoms with Gasteiger partial charge in [-0.2, -0.15) is 0 Å². The summed E-state index contributed by atoms with van der Waals surface area (Å²) < 4.78 is 25.7. The van der Waals surface area contributed by atoms with E-state index in [1.807, 2.05) is 0 Å². The van der Waals surface area contributed by atoms with Gasteiger partial charge in [0.2, 0.25) is 15.0 Å². The minimum absolute atomic E-state index is 0.106. The molecule has 0 unspecified atom stereocenters. The maximum Gasteiger partial charge on any atom is 0.274 e. The number of imidazole rings is 1. The molecule has 4 rings (SSSR count). The molecule has 0 atom stereocenters. The van der Waals surface area contributed by atoms with Crippen LogP contribution < -0.4 is 4.90 Å². The number of aromatic nitrogens is 2. The number of hydrogen-bond acceptors (Lipinski definition) is 5. The smallest absolute Gasteiger partial charge is 0.274 e. The Hall–Kier alpha value is -2.87. The van der Waals surface area contributed by atoms with Crippen LogP contribution in [0.25, 0.3) is 5.52 Å². The molecule has 1 amide bonds. The first kappa shape index (κ1) is 19.4. The molecule has 3 heterocycles. The van der Waals surface area contributed by atoms with Crippen molar-refractivity contribution in [2.75, 3.05) is 37.3 Å². The minimum Gasteiger partial charge on any atom is -0.368 e. The largest absolute Gasteiger partial charge is 0.368 e. The molecule has 29 heavy (non-hydrogen) atoms. The molecule has 0 N–H and O–H groups in total. The molecule has 0 aliphatic carbocycles. The second-order valence-electron chi connectivity index (χ2n) is 7.47. The summed E-state index contributed by atoms with van der Waals surface area (Å²) in [5.41, 5.74) is 4.40. The predicted octanol–water partition coefficient (Wildman–Crippen LogP) is 2.32. The summed E-state index contributed by atoms with van der Waals surface area (Å²) in [5, 5.41) is -0.106. The highest BCUT2D eigenvalue weighted by Gasteiger charge is 2.28. The topological polar surface area (TPSA) is 75.0 Å². The van der Waals surface area contributed by atoms with Gasteiger partial charge in [0, 0.05) is 44.3 Å². The van der Waals surface area contributed by atoms with Crippen LogP contribution >= 0.6 is 0 Å². The summed E-state index contributed by atoms with van der Waals surface area (Å²) in [6, 6.07) is 11.5. The van der Waals surface area contributed by atoms with Crippen LogP contribution in [0.15, 0.2) is 47.8 Å². The van der Waals surface area contributed by atoms with Crippen molar-refractivity contribution in [3.05, 3.63) is 59.4 Å². The lowest BCUT2D eigenvalue weighted by Crippen LogP contribution is -2.49. The van der Waals surface area contributed by atoms with E-state index in [9.17, 15) is 13.2 Å². The molecule has 7 nitrogen and oxygen atoms in total. The lowest BCUT2D eigenvalue weighted by Gasteiger charge is -2.36. The molecule has 1 fully saturated rings. The van der Waals surface area contributed by atoms with Gasteiger partial charge < -0.3 is 9.80 Å². The van der Waals surface area contributed by atoms with Gasteiger partial charge in [0.1, 0.15) is 0 Å². The quantitative estimate of drug-likeness (QED) is 0.660. The number of fused-ring (bicyclic) bond motifs is 1. The Morgan fingerprint density at radius 1 is 1.00 bits per heavy atom. The number of sulfone groups is 1. The second kappa shape index (κ2) is 7.18. The van der Waals surface area contributed by atoms with Crippen molar-refractivity contribution in [1.29, 1.82) is 0 Å². The van der Waals surface area contributed by atoms with Crippen LogP contribution in [0.2, 0.25) is 0 Å². The number of anilines is 1. The van der Waals surface area contributed by atoms with E-state index in [2.05, 4.69) is 41.9 Å². The number of carbonyl (C=O) groups is 1. The molecular weight excluding hydrogens is 388 g/mol.